The van der Waals surface area contributed by atoms with Crippen molar-refractivity contribution < 1.29 is 14.7 Å². The average molecular weight is 388 g/mol. The number of hydrogen-bond acceptors (Lipinski definition) is 4. The van der Waals surface area contributed by atoms with E-state index < -0.39 is 5.97 Å². The number of thioether (sulfide) groups is 1. The van der Waals surface area contributed by atoms with Crippen LogP contribution in [-0.2, 0) is 10.5 Å². The smallest absolute Gasteiger partial charge is 0.313 e. The Morgan fingerprint density at radius 3 is 2.85 bits per heavy atom. The van der Waals surface area contributed by atoms with Gasteiger partial charge in [-0.05, 0) is 43.9 Å². The molecule has 144 valence electrons. The Balaban J connectivity index is 1.72. The second-order valence-electron chi connectivity index (χ2n) is 6.96. The van der Waals surface area contributed by atoms with Crippen LogP contribution in [0.5, 0.6) is 0 Å². The summed E-state index contributed by atoms with van der Waals surface area (Å²) in [6, 6.07) is 7.82. The lowest BCUT2D eigenvalue weighted by Crippen LogP contribution is -2.16. The van der Waals surface area contributed by atoms with Gasteiger partial charge in [-0.15, -0.1) is 11.8 Å². The van der Waals surface area contributed by atoms with Crippen LogP contribution in [0.3, 0.4) is 0 Å². The lowest BCUT2D eigenvalue weighted by atomic mass is 10.1. The summed E-state index contributed by atoms with van der Waals surface area (Å²) >= 11 is 1.34. The second-order valence-corrected chi connectivity index (χ2v) is 7.95. The van der Waals surface area contributed by atoms with E-state index in [-0.39, 0.29) is 17.7 Å². The fourth-order valence-electron chi connectivity index (χ4n) is 3.03. The molecule has 1 aromatic heterocycles. The first kappa shape index (κ1) is 19.5. The highest BCUT2D eigenvalue weighted by Crippen LogP contribution is 2.42. The van der Waals surface area contributed by atoms with Crippen LogP contribution in [0.1, 0.15) is 66.7 Å². The summed E-state index contributed by atoms with van der Waals surface area (Å²) in [5.41, 5.74) is 3.40. The minimum atomic E-state index is -0.824. The third-order valence-corrected chi connectivity index (χ3v) is 5.72. The van der Waals surface area contributed by atoms with Gasteiger partial charge in [0.2, 0.25) is 0 Å². The number of nitrogens with one attached hydrogen (secondary N) is 1. The lowest BCUT2D eigenvalue weighted by molar-refractivity contribution is -0.133. The van der Waals surface area contributed by atoms with Crippen molar-refractivity contribution >= 4 is 29.3 Å². The zero-order valence-electron chi connectivity index (χ0n) is 15.6. The van der Waals surface area contributed by atoms with E-state index in [1.165, 1.54) is 11.8 Å². The Bertz CT molecular complexity index is 830. The Morgan fingerprint density at radius 1 is 1.41 bits per heavy atom. The molecule has 1 unspecified atom stereocenters. The normalized spacial score (nSPS) is 14.7. The molecule has 1 aliphatic carbocycles. The fraction of sp³-hybridized carbons (Fsp3) is 0.450. The molecule has 2 N–H and O–H groups in total. The molecule has 1 heterocycles. The van der Waals surface area contributed by atoms with Crippen LogP contribution in [0.15, 0.2) is 30.5 Å². The molecule has 0 spiro atoms. The molecule has 0 radical (unpaired) electrons. The van der Waals surface area contributed by atoms with Gasteiger partial charge in [-0.25, -0.2) is 0 Å². The van der Waals surface area contributed by atoms with Crippen LogP contribution < -0.4 is 5.32 Å². The molecule has 7 heteroatoms. The Hall–Kier alpha value is -2.28. The standard InChI is InChI=1S/C20H25N3O3S/c1-3-13(2)23-19(15-7-8-15)17(10-21-23)20(26)22-16-6-4-5-14(9-16)11-27-12-18(24)25/h4-6,9-10,13,15H,3,7-8,11-12H2,1-2H3,(H,22,26)(H,24,25). The van der Waals surface area contributed by atoms with E-state index >= 15 is 0 Å². The topological polar surface area (TPSA) is 84.2 Å². The first-order chi connectivity index (χ1) is 13.0. The quantitative estimate of drug-likeness (QED) is 0.670. The Morgan fingerprint density at radius 2 is 2.19 bits per heavy atom. The maximum absolute atomic E-state index is 12.9. The zero-order valence-corrected chi connectivity index (χ0v) is 16.5. The molecular formula is C20H25N3O3S. The SMILES string of the molecule is CCC(C)n1ncc(C(=O)Nc2cccc(CSCC(=O)O)c2)c1C1CC1. The van der Waals surface area contributed by atoms with E-state index in [0.29, 0.717) is 22.9 Å². The van der Waals surface area contributed by atoms with E-state index in [2.05, 4.69) is 24.3 Å². The van der Waals surface area contributed by atoms with E-state index in [1.54, 1.807) is 6.20 Å². The number of nitrogens with zero attached hydrogens (tertiary/aromatic N) is 2. The molecule has 27 heavy (non-hydrogen) atoms. The summed E-state index contributed by atoms with van der Waals surface area (Å²) in [6.07, 6.45) is 4.87. The number of aliphatic carboxylic acids is 1. The predicted molar refractivity (Wildman–Crippen MR) is 107 cm³/mol. The van der Waals surface area contributed by atoms with Gasteiger partial charge in [-0.2, -0.15) is 5.10 Å². The van der Waals surface area contributed by atoms with Crippen LogP contribution in [0.4, 0.5) is 5.69 Å². The van der Waals surface area contributed by atoms with Gasteiger partial charge in [0.25, 0.3) is 5.91 Å². The highest BCUT2D eigenvalue weighted by atomic mass is 32.2. The molecule has 3 rings (SSSR count). The van der Waals surface area contributed by atoms with Gasteiger partial charge in [-0.3, -0.25) is 14.3 Å². The molecule has 1 saturated carbocycles. The summed E-state index contributed by atoms with van der Waals surface area (Å²) in [5, 5.41) is 16.2. The number of aromatic nitrogens is 2. The number of anilines is 1. The van der Waals surface area contributed by atoms with Crippen molar-refractivity contribution in [1.29, 1.82) is 0 Å². The molecule has 1 fully saturated rings. The summed E-state index contributed by atoms with van der Waals surface area (Å²) in [4.78, 5) is 23.5. The Kier molecular flexibility index (Phi) is 6.21. The molecule has 1 aromatic carbocycles. The number of benzene rings is 1. The molecule has 6 nitrogen and oxygen atoms in total. The van der Waals surface area contributed by atoms with Gasteiger partial charge < -0.3 is 10.4 Å². The Labute approximate surface area is 163 Å². The highest BCUT2D eigenvalue weighted by Gasteiger charge is 2.33. The number of carboxylic acid groups (broad SMARTS) is 1. The number of carbonyl (C=O) groups excluding carboxylic acids is 1. The van der Waals surface area contributed by atoms with Crippen LogP contribution >= 0.6 is 11.8 Å². The fourth-order valence-corrected chi connectivity index (χ4v) is 3.72. The molecule has 2 aromatic rings. The maximum atomic E-state index is 12.9. The van der Waals surface area contributed by atoms with Crippen molar-refractivity contribution in [2.24, 2.45) is 0 Å². The van der Waals surface area contributed by atoms with Crippen molar-refractivity contribution in [2.75, 3.05) is 11.1 Å². The van der Waals surface area contributed by atoms with Gasteiger partial charge in [0, 0.05) is 23.4 Å². The van der Waals surface area contributed by atoms with E-state index in [9.17, 15) is 9.59 Å². The van der Waals surface area contributed by atoms with Crippen LogP contribution in [0, 0.1) is 0 Å². The third kappa shape index (κ3) is 4.91. The monoisotopic (exact) mass is 387 g/mol. The molecule has 0 bridgehead atoms. The van der Waals surface area contributed by atoms with Crippen molar-refractivity contribution in [3.63, 3.8) is 0 Å². The second kappa shape index (κ2) is 8.61. The molecular weight excluding hydrogens is 362 g/mol. The first-order valence-electron chi connectivity index (χ1n) is 9.26. The minimum Gasteiger partial charge on any atom is -0.481 e. The van der Waals surface area contributed by atoms with Gasteiger partial charge >= 0.3 is 5.97 Å². The summed E-state index contributed by atoms with van der Waals surface area (Å²) in [5.74, 6) is 0.129. The molecule has 1 aliphatic rings. The summed E-state index contributed by atoms with van der Waals surface area (Å²) in [7, 11) is 0. The molecule has 0 saturated heterocycles. The van der Waals surface area contributed by atoms with Gasteiger partial charge in [0.05, 0.1) is 23.2 Å². The predicted octanol–water partition coefficient (Wildman–Crippen LogP) is 4.30. The van der Waals surface area contributed by atoms with Gasteiger partial charge in [0.15, 0.2) is 0 Å². The number of hydrogen-bond donors (Lipinski definition) is 2. The van der Waals surface area contributed by atoms with Crippen molar-refractivity contribution in [2.45, 2.75) is 50.8 Å². The van der Waals surface area contributed by atoms with Gasteiger partial charge in [0.1, 0.15) is 0 Å². The van der Waals surface area contributed by atoms with E-state index in [4.69, 9.17) is 5.11 Å². The zero-order chi connectivity index (χ0) is 19.4. The van der Waals surface area contributed by atoms with Crippen LogP contribution in [0.2, 0.25) is 0 Å². The first-order valence-corrected chi connectivity index (χ1v) is 10.4. The van der Waals surface area contributed by atoms with Gasteiger partial charge in [-0.1, -0.05) is 19.1 Å². The number of rotatable bonds is 9. The van der Waals surface area contributed by atoms with Crippen LogP contribution in [0.25, 0.3) is 0 Å². The molecule has 0 aliphatic heterocycles. The highest BCUT2D eigenvalue weighted by molar-refractivity contribution is 7.99. The van der Waals surface area contributed by atoms with E-state index in [0.717, 1.165) is 30.5 Å². The largest absolute Gasteiger partial charge is 0.481 e. The molecule has 1 atom stereocenters. The maximum Gasteiger partial charge on any atom is 0.313 e. The lowest BCUT2D eigenvalue weighted by Gasteiger charge is -2.14. The van der Waals surface area contributed by atoms with Crippen molar-refractivity contribution in [3.05, 3.63) is 47.3 Å². The number of carbonyl (C=O) groups is 2. The average Bonchev–Trinajstić information content (AvgIpc) is 3.38. The number of amides is 1. The summed E-state index contributed by atoms with van der Waals surface area (Å²) in [6.45, 7) is 4.25. The summed E-state index contributed by atoms with van der Waals surface area (Å²) < 4.78 is 2.01. The van der Waals surface area contributed by atoms with Crippen LogP contribution in [-0.4, -0.2) is 32.5 Å². The third-order valence-electron chi connectivity index (χ3n) is 4.73. The molecule has 1 amide bonds. The van der Waals surface area contributed by atoms with E-state index in [1.807, 2.05) is 28.9 Å². The van der Waals surface area contributed by atoms with Crippen molar-refractivity contribution in [1.82, 2.24) is 9.78 Å². The number of carboxylic acids is 1. The van der Waals surface area contributed by atoms with Crippen molar-refractivity contribution in [3.8, 4) is 0 Å². The minimum absolute atomic E-state index is 0.0656.